The van der Waals surface area contributed by atoms with Crippen molar-refractivity contribution in [2.24, 2.45) is 0 Å². The normalized spacial score (nSPS) is 19.8. The van der Waals surface area contributed by atoms with E-state index in [0.29, 0.717) is 25.1 Å². The Morgan fingerprint density at radius 1 is 1.53 bits per heavy atom. The molecule has 0 saturated carbocycles. The van der Waals surface area contributed by atoms with Crippen molar-refractivity contribution in [1.82, 2.24) is 9.55 Å². The smallest absolute Gasteiger partial charge is 0.329 e. The lowest BCUT2D eigenvalue weighted by molar-refractivity contribution is 0.0949. The average molecular weight is 259 g/mol. The maximum absolute atomic E-state index is 12.0. The van der Waals surface area contributed by atoms with Gasteiger partial charge in [0.15, 0.2) is 0 Å². The van der Waals surface area contributed by atoms with E-state index in [4.69, 9.17) is 16.3 Å². The van der Waals surface area contributed by atoms with Crippen LogP contribution in [-0.4, -0.2) is 22.3 Å². The predicted octanol–water partition coefficient (Wildman–Crippen LogP) is 0.931. The molecular formula is C11H15ClN2O3. The van der Waals surface area contributed by atoms with Crippen LogP contribution in [0.5, 0.6) is 0 Å². The van der Waals surface area contributed by atoms with Crippen molar-refractivity contribution in [1.29, 1.82) is 0 Å². The number of nitrogens with one attached hydrogen (secondary N) is 1. The molecule has 0 aromatic carbocycles. The van der Waals surface area contributed by atoms with E-state index in [-0.39, 0.29) is 16.8 Å². The lowest BCUT2D eigenvalue weighted by atomic mass is 10.2. The average Bonchev–Trinajstić information content (AvgIpc) is 2.77. The number of nitrogens with zero attached hydrogens (tertiary/aromatic N) is 1. The Balaban J connectivity index is 2.39. The molecule has 1 aromatic rings. The van der Waals surface area contributed by atoms with Gasteiger partial charge in [-0.15, -0.1) is 0 Å². The SMILES string of the molecule is CCc1c(Cl)[nH]c(=O)n(CC2CCCO2)c1=O. The quantitative estimate of drug-likeness (QED) is 0.821. The van der Waals surface area contributed by atoms with Crippen LogP contribution in [0.1, 0.15) is 25.3 Å². The Morgan fingerprint density at radius 2 is 2.29 bits per heavy atom. The summed E-state index contributed by atoms with van der Waals surface area (Å²) in [4.78, 5) is 26.2. The van der Waals surface area contributed by atoms with Gasteiger partial charge in [0.1, 0.15) is 5.15 Å². The van der Waals surface area contributed by atoms with Gasteiger partial charge in [0.2, 0.25) is 0 Å². The number of H-pyrrole nitrogens is 1. The van der Waals surface area contributed by atoms with Crippen molar-refractivity contribution in [3.8, 4) is 0 Å². The zero-order valence-electron chi connectivity index (χ0n) is 9.66. The Hall–Kier alpha value is -1.07. The summed E-state index contributed by atoms with van der Waals surface area (Å²) in [6.45, 7) is 2.83. The van der Waals surface area contributed by atoms with Gasteiger partial charge < -0.3 is 4.74 Å². The topological polar surface area (TPSA) is 64.1 Å². The van der Waals surface area contributed by atoms with Crippen LogP contribution in [0.25, 0.3) is 0 Å². The monoisotopic (exact) mass is 258 g/mol. The molecule has 94 valence electrons. The van der Waals surface area contributed by atoms with Crippen LogP contribution in [0.4, 0.5) is 0 Å². The van der Waals surface area contributed by atoms with Gasteiger partial charge in [-0.25, -0.2) is 4.79 Å². The molecule has 1 aliphatic heterocycles. The summed E-state index contributed by atoms with van der Waals surface area (Å²) in [5.74, 6) is 0. The van der Waals surface area contributed by atoms with E-state index in [0.717, 1.165) is 12.8 Å². The van der Waals surface area contributed by atoms with E-state index in [2.05, 4.69) is 4.98 Å². The Kier molecular flexibility index (Phi) is 3.69. The minimum absolute atomic E-state index is 0.0420. The zero-order valence-corrected chi connectivity index (χ0v) is 10.4. The number of aromatic amines is 1. The predicted molar refractivity (Wildman–Crippen MR) is 64.7 cm³/mol. The molecule has 1 aromatic heterocycles. The summed E-state index contributed by atoms with van der Waals surface area (Å²) in [7, 11) is 0. The number of hydrogen-bond donors (Lipinski definition) is 1. The third-order valence-electron chi connectivity index (χ3n) is 2.99. The van der Waals surface area contributed by atoms with Crippen molar-refractivity contribution in [2.75, 3.05) is 6.61 Å². The summed E-state index contributed by atoms with van der Waals surface area (Å²) in [5, 5.41) is 0.145. The van der Waals surface area contributed by atoms with Crippen molar-refractivity contribution >= 4 is 11.6 Å². The largest absolute Gasteiger partial charge is 0.376 e. The molecule has 2 heterocycles. The standard InChI is InChI=1S/C11H15ClN2O3/c1-2-8-9(12)13-11(16)14(10(8)15)6-7-4-3-5-17-7/h7H,2-6H2,1H3,(H,13,16). The first-order chi connectivity index (χ1) is 8.13. The van der Waals surface area contributed by atoms with Crippen molar-refractivity contribution in [2.45, 2.75) is 38.8 Å². The van der Waals surface area contributed by atoms with Gasteiger partial charge in [0.05, 0.1) is 18.2 Å². The van der Waals surface area contributed by atoms with E-state index in [9.17, 15) is 9.59 Å². The summed E-state index contributed by atoms with van der Waals surface area (Å²) in [5.41, 5.74) is -0.325. The van der Waals surface area contributed by atoms with Crippen molar-refractivity contribution < 1.29 is 4.74 Å². The fourth-order valence-corrected chi connectivity index (χ4v) is 2.35. The summed E-state index contributed by atoms with van der Waals surface area (Å²) < 4.78 is 6.61. The molecule has 0 bridgehead atoms. The van der Waals surface area contributed by atoms with Crippen LogP contribution in [0.3, 0.4) is 0 Å². The first-order valence-corrected chi connectivity index (χ1v) is 6.14. The van der Waals surface area contributed by atoms with Crippen LogP contribution < -0.4 is 11.2 Å². The van der Waals surface area contributed by atoms with Crippen molar-refractivity contribution in [3.05, 3.63) is 31.6 Å². The molecule has 2 rings (SSSR count). The fourth-order valence-electron chi connectivity index (χ4n) is 2.05. The number of ether oxygens (including phenoxy) is 1. The number of rotatable bonds is 3. The highest BCUT2D eigenvalue weighted by atomic mass is 35.5. The number of halogens is 1. The van der Waals surface area contributed by atoms with Crippen LogP contribution >= 0.6 is 11.6 Å². The Bertz CT molecular complexity index is 514. The highest BCUT2D eigenvalue weighted by Gasteiger charge is 2.19. The maximum Gasteiger partial charge on any atom is 0.329 e. The van der Waals surface area contributed by atoms with E-state index < -0.39 is 5.69 Å². The molecule has 5 nitrogen and oxygen atoms in total. The molecule has 0 radical (unpaired) electrons. The first-order valence-electron chi connectivity index (χ1n) is 5.76. The molecule has 6 heteroatoms. The molecule has 1 atom stereocenters. The second-order valence-electron chi connectivity index (χ2n) is 4.13. The molecule has 0 aliphatic carbocycles. The van der Waals surface area contributed by atoms with Gasteiger partial charge in [-0.2, -0.15) is 0 Å². The minimum atomic E-state index is -0.465. The highest BCUT2D eigenvalue weighted by Crippen LogP contribution is 2.13. The van der Waals surface area contributed by atoms with Crippen LogP contribution in [0, 0.1) is 0 Å². The van der Waals surface area contributed by atoms with Gasteiger partial charge >= 0.3 is 5.69 Å². The molecule has 17 heavy (non-hydrogen) atoms. The molecular weight excluding hydrogens is 244 g/mol. The molecule has 1 N–H and O–H groups in total. The second-order valence-corrected chi connectivity index (χ2v) is 4.50. The van der Waals surface area contributed by atoms with Gasteiger partial charge in [-0.1, -0.05) is 18.5 Å². The van der Waals surface area contributed by atoms with Gasteiger partial charge in [-0.05, 0) is 19.3 Å². The fraction of sp³-hybridized carbons (Fsp3) is 0.636. The highest BCUT2D eigenvalue weighted by molar-refractivity contribution is 6.30. The summed E-state index contributed by atoms with van der Waals surface area (Å²) in [6, 6.07) is 0. The van der Waals surface area contributed by atoms with E-state index in [1.807, 2.05) is 6.92 Å². The summed E-state index contributed by atoms with van der Waals surface area (Å²) >= 11 is 5.82. The van der Waals surface area contributed by atoms with E-state index >= 15 is 0 Å². The van der Waals surface area contributed by atoms with Gasteiger partial charge in [0, 0.05) is 6.61 Å². The molecule has 1 fully saturated rings. The van der Waals surface area contributed by atoms with Crippen LogP contribution in [0.15, 0.2) is 9.59 Å². The third-order valence-corrected chi connectivity index (χ3v) is 3.32. The number of aromatic nitrogens is 2. The van der Waals surface area contributed by atoms with Gasteiger partial charge in [-0.3, -0.25) is 14.3 Å². The Morgan fingerprint density at radius 3 is 2.88 bits per heavy atom. The van der Waals surface area contributed by atoms with E-state index in [1.165, 1.54) is 4.57 Å². The molecule has 1 aliphatic rings. The molecule has 0 spiro atoms. The maximum atomic E-state index is 12.0. The van der Waals surface area contributed by atoms with Gasteiger partial charge in [0.25, 0.3) is 5.56 Å². The minimum Gasteiger partial charge on any atom is -0.376 e. The number of hydrogen-bond acceptors (Lipinski definition) is 3. The zero-order chi connectivity index (χ0) is 12.4. The van der Waals surface area contributed by atoms with Crippen molar-refractivity contribution in [3.63, 3.8) is 0 Å². The summed E-state index contributed by atoms with van der Waals surface area (Å²) in [6.07, 6.45) is 2.32. The lowest BCUT2D eigenvalue weighted by Crippen LogP contribution is -2.40. The third kappa shape index (κ3) is 2.45. The Labute approximate surface area is 103 Å². The van der Waals surface area contributed by atoms with Crippen LogP contribution in [0.2, 0.25) is 5.15 Å². The molecule has 1 unspecified atom stereocenters. The van der Waals surface area contributed by atoms with Crippen LogP contribution in [-0.2, 0) is 17.7 Å². The molecule has 1 saturated heterocycles. The van der Waals surface area contributed by atoms with E-state index in [1.54, 1.807) is 0 Å². The first kappa shape index (κ1) is 12.4. The lowest BCUT2D eigenvalue weighted by Gasteiger charge is -2.12. The second kappa shape index (κ2) is 5.06. The molecule has 0 amide bonds.